The molecule has 0 radical (unpaired) electrons. The average molecular weight is 460 g/mol. The predicted molar refractivity (Wildman–Crippen MR) is 131 cm³/mol. The minimum absolute atomic E-state index is 0.363. The zero-order valence-corrected chi connectivity index (χ0v) is 20.9. The third-order valence-electron chi connectivity index (χ3n) is 6.32. The van der Waals surface area contributed by atoms with Gasteiger partial charge in [-0.25, -0.2) is 0 Å². The molecule has 192 valence electrons. The maximum absolute atomic E-state index is 12.1. The van der Waals surface area contributed by atoms with Gasteiger partial charge in [0, 0.05) is 0 Å². The third kappa shape index (κ3) is 16.9. The Bertz CT molecular complexity index is 421. The van der Waals surface area contributed by atoms with Crippen molar-refractivity contribution < 1.29 is 25.2 Å². The minimum atomic E-state index is -1.25. The van der Waals surface area contributed by atoms with Crippen LogP contribution in [0.2, 0.25) is 0 Å². The second kappa shape index (κ2) is 22.1. The van der Waals surface area contributed by atoms with Crippen LogP contribution in [-0.2, 0) is 4.79 Å². The van der Waals surface area contributed by atoms with Gasteiger partial charge < -0.3 is 25.7 Å². The van der Waals surface area contributed by atoms with Crippen molar-refractivity contribution in [2.45, 2.75) is 154 Å². The van der Waals surface area contributed by atoms with Crippen LogP contribution in [0.25, 0.3) is 0 Å². The number of nitrogens with one attached hydrogen (secondary N) is 1. The summed E-state index contributed by atoms with van der Waals surface area (Å²) in [5.41, 5.74) is 0. The van der Waals surface area contributed by atoms with Gasteiger partial charge in [0.15, 0.2) is 0 Å². The van der Waals surface area contributed by atoms with Gasteiger partial charge in [-0.05, 0) is 12.8 Å². The van der Waals surface area contributed by atoms with E-state index in [1.165, 1.54) is 57.8 Å². The molecule has 0 aromatic rings. The summed E-state index contributed by atoms with van der Waals surface area (Å²) in [6.07, 6.45) is 16.0. The first-order valence-electron chi connectivity index (χ1n) is 13.4. The number of aliphatic hydroxyl groups excluding tert-OH is 4. The van der Waals surface area contributed by atoms with Gasteiger partial charge in [0.05, 0.1) is 18.8 Å². The fourth-order valence-electron chi connectivity index (χ4n) is 4.05. The van der Waals surface area contributed by atoms with Crippen molar-refractivity contribution in [3.8, 4) is 0 Å². The van der Waals surface area contributed by atoms with Gasteiger partial charge in [0.25, 0.3) is 0 Å². The molecule has 32 heavy (non-hydrogen) atoms. The molecule has 4 atom stereocenters. The van der Waals surface area contributed by atoms with Gasteiger partial charge in [-0.1, -0.05) is 117 Å². The molecule has 0 rings (SSSR count). The Morgan fingerprint density at radius 1 is 0.656 bits per heavy atom. The Hall–Kier alpha value is -0.690. The molecule has 0 saturated carbocycles. The number of hydrogen-bond donors (Lipinski definition) is 5. The SMILES string of the molecule is CCCCCCCCCCCCCCC(O)C(O)C(CO)NC(=O)C(O)CCCCCC. The fraction of sp³-hybridized carbons (Fsp3) is 0.962. The van der Waals surface area contributed by atoms with E-state index >= 15 is 0 Å². The summed E-state index contributed by atoms with van der Waals surface area (Å²) in [5, 5.41) is 42.6. The van der Waals surface area contributed by atoms with E-state index in [0.29, 0.717) is 12.8 Å². The molecular weight excluding hydrogens is 406 g/mol. The molecule has 0 fully saturated rings. The molecule has 1 amide bonds. The summed E-state index contributed by atoms with van der Waals surface area (Å²) >= 11 is 0. The van der Waals surface area contributed by atoms with Crippen molar-refractivity contribution in [2.75, 3.05) is 6.61 Å². The first-order valence-corrected chi connectivity index (χ1v) is 13.4. The van der Waals surface area contributed by atoms with Crippen molar-refractivity contribution >= 4 is 5.91 Å². The quantitative estimate of drug-likeness (QED) is 0.143. The van der Waals surface area contributed by atoms with Gasteiger partial charge in [0.1, 0.15) is 12.2 Å². The molecule has 0 aliphatic carbocycles. The smallest absolute Gasteiger partial charge is 0.249 e. The molecule has 0 heterocycles. The van der Waals surface area contributed by atoms with Crippen LogP contribution in [0.15, 0.2) is 0 Å². The Labute approximate surface area is 197 Å². The highest BCUT2D eigenvalue weighted by atomic mass is 16.3. The van der Waals surface area contributed by atoms with E-state index in [4.69, 9.17) is 0 Å². The van der Waals surface area contributed by atoms with E-state index in [9.17, 15) is 25.2 Å². The molecule has 0 aliphatic rings. The Balaban J connectivity index is 3.89. The summed E-state index contributed by atoms with van der Waals surface area (Å²) in [6.45, 7) is 3.86. The van der Waals surface area contributed by atoms with E-state index < -0.39 is 36.9 Å². The zero-order valence-electron chi connectivity index (χ0n) is 20.9. The first-order chi connectivity index (χ1) is 15.5. The second-order valence-corrected chi connectivity index (χ2v) is 9.40. The molecule has 0 aromatic heterocycles. The van der Waals surface area contributed by atoms with Crippen molar-refractivity contribution in [1.82, 2.24) is 5.32 Å². The highest BCUT2D eigenvalue weighted by Gasteiger charge is 2.28. The van der Waals surface area contributed by atoms with Gasteiger partial charge >= 0.3 is 0 Å². The van der Waals surface area contributed by atoms with E-state index in [-0.39, 0.29) is 0 Å². The monoisotopic (exact) mass is 459 g/mol. The van der Waals surface area contributed by atoms with Crippen LogP contribution < -0.4 is 5.32 Å². The molecule has 4 unspecified atom stereocenters. The maximum atomic E-state index is 12.1. The van der Waals surface area contributed by atoms with Crippen LogP contribution in [-0.4, -0.2) is 57.3 Å². The van der Waals surface area contributed by atoms with Crippen molar-refractivity contribution in [2.24, 2.45) is 0 Å². The number of carbonyl (C=O) groups excluding carboxylic acids is 1. The number of aliphatic hydroxyl groups is 4. The van der Waals surface area contributed by atoms with Crippen molar-refractivity contribution in [3.05, 3.63) is 0 Å². The molecule has 0 aliphatic heterocycles. The number of unbranched alkanes of at least 4 members (excludes halogenated alkanes) is 14. The van der Waals surface area contributed by atoms with Crippen LogP contribution in [0, 0.1) is 0 Å². The number of hydrogen-bond acceptors (Lipinski definition) is 5. The fourth-order valence-corrected chi connectivity index (χ4v) is 4.05. The van der Waals surface area contributed by atoms with Crippen LogP contribution in [0.4, 0.5) is 0 Å². The maximum Gasteiger partial charge on any atom is 0.249 e. The third-order valence-corrected chi connectivity index (χ3v) is 6.32. The van der Waals surface area contributed by atoms with E-state index in [1.54, 1.807) is 0 Å². The molecule has 0 saturated heterocycles. The Kier molecular flexibility index (Phi) is 21.6. The van der Waals surface area contributed by atoms with Crippen LogP contribution in [0.1, 0.15) is 129 Å². The zero-order chi connectivity index (χ0) is 24.0. The largest absolute Gasteiger partial charge is 0.394 e. The highest BCUT2D eigenvalue weighted by molar-refractivity contribution is 5.80. The summed E-state index contributed by atoms with van der Waals surface area (Å²) in [4.78, 5) is 12.1. The highest BCUT2D eigenvalue weighted by Crippen LogP contribution is 2.15. The lowest BCUT2D eigenvalue weighted by Gasteiger charge is -2.27. The molecule has 6 heteroatoms. The molecule has 5 N–H and O–H groups in total. The summed E-state index contributed by atoms with van der Waals surface area (Å²) in [5.74, 6) is -0.600. The summed E-state index contributed by atoms with van der Waals surface area (Å²) < 4.78 is 0. The normalized spacial score (nSPS) is 15.3. The second-order valence-electron chi connectivity index (χ2n) is 9.40. The number of carbonyl (C=O) groups is 1. The topological polar surface area (TPSA) is 110 Å². The minimum Gasteiger partial charge on any atom is -0.394 e. The van der Waals surface area contributed by atoms with Crippen molar-refractivity contribution in [1.29, 1.82) is 0 Å². The van der Waals surface area contributed by atoms with Crippen LogP contribution >= 0.6 is 0 Å². The number of amides is 1. The number of rotatable bonds is 23. The molecular formula is C26H53NO5. The van der Waals surface area contributed by atoms with Gasteiger partial charge in [-0.2, -0.15) is 0 Å². The van der Waals surface area contributed by atoms with Crippen LogP contribution in [0.5, 0.6) is 0 Å². The van der Waals surface area contributed by atoms with Gasteiger partial charge in [-0.15, -0.1) is 0 Å². The molecule has 0 aromatic carbocycles. The predicted octanol–water partition coefficient (Wildman–Crippen LogP) is 4.61. The van der Waals surface area contributed by atoms with E-state index in [0.717, 1.165) is 44.9 Å². The lowest BCUT2D eigenvalue weighted by molar-refractivity contribution is -0.132. The average Bonchev–Trinajstić information content (AvgIpc) is 2.80. The first kappa shape index (κ1) is 31.3. The van der Waals surface area contributed by atoms with E-state index in [2.05, 4.69) is 19.2 Å². The molecule has 0 spiro atoms. The lowest BCUT2D eigenvalue weighted by atomic mass is 9.99. The van der Waals surface area contributed by atoms with Crippen LogP contribution in [0.3, 0.4) is 0 Å². The lowest BCUT2D eigenvalue weighted by Crippen LogP contribution is -2.53. The van der Waals surface area contributed by atoms with Crippen molar-refractivity contribution in [3.63, 3.8) is 0 Å². The van der Waals surface area contributed by atoms with E-state index in [1.807, 2.05) is 0 Å². The Morgan fingerprint density at radius 2 is 1.06 bits per heavy atom. The summed E-state index contributed by atoms with van der Waals surface area (Å²) in [7, 11) is 0. The summed E-state index contributed by atoms with van der Waals surface area (Å²) in [6, 6.07) is -0.972. The molecule has 6 nitrogen and oxygen atoms in total. The Morgan fingerprint density at radius 3 is 1.53 bits per heavy atom. The van der Waals surface area contributed by atoms with Gasteiger partial charge in [-0.3, -0.25) is 4.79 Å². The molecule has 0 bridgehead atoms. The van der Waals surface area contributed by atoms with Gasteiger partial charge in [0.2, 0.25) is 5.91 Å². The standard InChI is InChI=1S/C26H53NO5/c1-3-5-7-9-10-11-12-13-14-15-16-18-19-23(29)25(31)22(21-28)27-26(32)24(30)20-17-8-6-4-2/h22-25,28-31H,3-21H2,1-2H3,(H,27,32).